The maximum Gasteiger partial charge on any atom is 0.329 e. The number of amides is 1. The van der Waals surface area contributed by atoms with Gasteiger partial charge in [0.15, 0.2) is 0 Å². The lowest BCUT2D eigenvalue weighted by Gasteiger charge is -2.42. The maximum atomic E-state index is 12.1. The van der Waals surface area contributed by atoms with Crippen molar-refractivity contribution in [2.45, 2.75) is 25.9 Å². The van der Waals surface area contributed by atoms with Crippen LogP contribution in [0.4, 0.5) is 4.79 Å². The van der Waals surface area contributed by atoms with Gasteiger partial charge in [0.2, 0.25) is 0 Å². The Bertz CT molecular complexity index is 350. The van der Waals surface area contributed by atoms with Crippen molar-refractivity contribution in [2.24, 2.45) is 0 Å². The fourth-order valence-corrected chi connectivity index (χ4v) is 2.10. The molecule has 0 bridgehead atoms. The van der Waals surface area contributed by atoms with Crippen LogP contribution in [0.5, 0.6) is 0 Å². The number of aromatic nitrogens is 2. The van der Waals surface area contributed by atoms with E-state index in [0.717, 1.165) is 13.1 Å². The second-order valence-electron chi connectivity index (χ2n) is 4.52. The van der Waals surface area contributed by atoms with Gasteiger partial charge in [0.05, 0.1) is 0 Å². The predicted molar refractivity (Wildman–Crippen MR) is 61.3 cm³/mol. The molecule has 0 N–H and O–H groups in total. The van der Waals surface area contributed by atoms with E-state index in [1.165, 1.54) is 4.57 Å². The first-order valence-electron chi connectivity index (χ1n) is 5.58. The molecule has 1 amide bonds. The largest absolute Gasteiger partial charge is 0.329 e. The molecule has 0 spiro atoms. The third kappa shape index (κ3) is 1.95. The Labute approximate surface area is 95.7 Å². The van der Waals surface area contributed by atoms with E-state index in [4.69, 9.17) is 0 Å². The molecule has 5 nitrogen and oxygen atoms in total. The van der Waals surface area contributed by atoms with Crippen molar-refractivity contribution in [3.05, 3.63) is 18.7 Å². The maximum absolute atomic E-state index is 12.1. The molecule has 1 saturated heterocycles. The van der Waals surface area contributed by atoms with E-state index in [2.05, 4.69) is 30.8 Å². The predicted octanol–water partition coefficient (Wildman–Crippen LogP) is 0.876. The molecule has 2 rings (SSSR count). The summed E-state index contributed by atoms with van der Waals surface area (Å²) in [6, 6.07) is 0.816. The summed E-state index contributed by atoms with van der Waals surface area (Å²) < 4.78 is 1.53. The number of carbonyl (C=O) groups is 1. The van der Waals surface area contributed by atoms with Crippen LogP contribution in [-0.4, -0.2) is 57.6 Å². The lowest BCUT2D eigenvalue weighted by Crippen LogP contribution is -2.57. The van der Waals surface area contributed by atoms with Gasteiger partial charge in [-0.1, -0.05) is 0 Å². The Kier molecular flexibility index (Phi) is 2.96. The molecule has 1 aliphatic heterocycles. The summed E-state index contributed by atoms with van der Waals surface area (Å²) in [5.74, 6) is 0. The van der Waals surface area contributed by atoms with Gasteiger partial charge in [-0.3, -0.25) is 9.47 Å². The standard InChI is InChI=1S/C11H18N4O/c1-9-6-15(7-10(2)13(9)3)11(16)14-5-4-12-8-14/h4-5,8-10H,6-7H2,1-3H3. The zero-order valence-electron chi connectivity index (χ0n) is 10.00. The zero-order valence-corrected chi connectivity index (χ0v) is 10.00. The minimum atomic E-state index is 0.0179. The van der Waals surface area contributed by atoms with Gasteiger partial charge in [0.25, 0.3) is 0 Å². The molecule has 5 heteroatoms. The quantitative estimate of drug-likeness (QED) is 0.654. The van der Waals surface area contributed by atoms with Gasteiger partial charge in [-0.25, -0.2) is 9.78 Å². The summed E-state index contributed by atoms with van der Waals surface area (Å²) in [4.78, 5) is 20.2. The summed E-state index contributed by atoms with van der Waals surface area (Å²) in [6.07, 6.45) is 4.87. The third-order valence-corrected chi connectivity index (χ3v) is 3.36. The first kappa shape index (κ1) is 11.1. The van der Waals surface area contributed by atoms with Crippen molar-refractivity contribution in [3.8, 4) is 0 Å². The molecule has 0 aliphatic carbocycles. The van der Waals surface area contributed by atoms with E-state index in [1.54, 1.807) is 18.7 Å². The highest BCUT2D eigenvalue weighted by molar-refractivity contribution is 5.76. The van der Waals surface area contributed by atoms with Crippen LogP contribution in [0.25, 0.3) is 0 Å². The molecule has 0 aromatic carbocycles. The van der Waals surface area contributed by atoms with Crippen LogP contribution in [0, 0.1) is 0 Å². The van der Waals surface area contributed by atoms with Crippen LogP contribution < -0.4 is 0 Å². The molecule has 2 heterocycles. The number of likely N-dealkylation sites (N-methyl/N-ethyl adjacent to an activating group) is 1. The lowest BCUT2D eigenvalue weighted by atomic mass is 10.1. The van der Waals surface area contributed by atoms with E-state index in [-0.39, 0.29) is 6.03 Å². The topological polar surface area (TPSA) is 41.4 Å². The highest BCUT2D eigenvalue weighted by atomic mass is 16.2. The fraction of sp³-hybridized carbons (Fsp3) is 0.636. The van der Waals surface area contributed by atoms with E-state index >= 15 is 0 Å². The van der Waals surface area contributed by atoms with Crippen molar-refractivity contribution in [3.63, 3.8) is 0 Å². The van der Waals surface area contributed by atoms with E-state index in [1.807, 2.05) is 4.90 Å². The molecule has 2 atom stereocenters. The summed E-state index contributed by atoms with van der Waals surface area (Å²) in [5, 5.41) is 0. The highest BCUT2D eigenvalue weighted by Crippen LogP contribution is 2.14. The molecule has 1 aromatic heterocycles. The van der Waals surface area contributed by atoms with Gasteiger partial charge in [-0.15, -0.1) is 0 Å². The normalized spacial score (nSPS) is 27.1. The van der Waals surface area contributed by atoms with Gasteiger partial charge >= 0.3 is 6.03 Å². The number of piperazine rings is 1. The summed E-state index contributed by atoms with van der Waals surface area (Å²) in [6.45, 7) is 5.84. The molecule has 2 unspecified atom stereocenters. The smallest absolute Gasteiger partial charge is 0.321 e. The number of carbonyl (C=O) groups excluding carboxylic acids is 1. The zero-order chi connectivity index (χ0) is 11.7. The van der Waals surface area contributed by atoms with Crippen LogP contribution in [0.15, 0.2) is 18.7 Å². The van der Waals surface area contributed by atoms with E-state index < -0.39 is 0 Å². The number of hydrogen-bond acceptors (Lipinski definition) is 3. The van der Waals surface area contributed by atoms with Gasteiger partial charge in [-0.2, -0.15) is 0 Å². The molecule has 1 aromatic rings. The van der Waals surface area contributed by atoms with Gasteiger partial charge in [0.1, 0.15) is 6.33 Å². The Morgan fingerprint density at radius 1 is 1.31 bits per heavy atom. The molecule has 88 valence electrons. The van der Waals surface area contributed by atoms with Gasteiger partial charge in [-0.05, 0) is 20.9 Å². The first-order valence-corrected chi connectivity index (χ1v) is 5.58. The average molecular weight is 222 g/mol. The molecule has 0 radical (unpaired) electrons. The monoisotopic (exact) mass is 222 g/mol. The average Bonchev–Trinajstić information content (AvgIpc) is 2.77. The van der Waals surface area contributed by atoms with Gasteiger partial charge < -0.3 is 4.90 Å². The molecule has 1 aliphatic rings. The van der Waals surface area contributed by atoms with Crippen molar-refractivity contribution in [1.82, 2.24) is 19.4 Å². The third-order valence-electron chi connectivity index (χ3n) is 3.36. The molecule has 16 heavy (non-hydrogen) atoms. The Morgan fingerprint density at radius 2 is 1.94 bits per heavy atom. The molecular weight excluding hydrogens is 204 g/mol. The fourth-order valence-electron chi connectivity index (χ4n) is 2.10. The Morgan fingerprint density at radius 3 is 2.44 bits per heavy atom. The highest BCUT2D eigenvalue weighted by Gasteiger charge is 2.29. The van der Waals surface area contributed by atoms with Crippen molar-refractivity contribution in [2.75, 3.05) is 20.1 Å². The second kappa shape index (κ2) is 4.25. The lowest BCUT2D eigenvalue weighted by molar-refractivity contribution is 0.0775. The van der Waals surface area contributed by atoms with Crippen LogP contribution >= 0.6 is 0 Å². The molecule has 0 saturated carbocycles. The minimum absolute atomic E-state index is 0.0179. The SMILES string of the molecule is CC1CN(C(=O)n2ccnc2)CC(C)N1C. The number of imidazole rings is 1. The van der Waals surface area contributed by atoms with Crippen LogP contribution in [0.3, 0.4) is 0 Å². The van der Waals surface area contributed by atoms with E-state index in [0.29, 0.717) is 12.1 Å². The minimum Gasteiger partial charge on any atom is -0.321 e. The Balaban J connectivity index is 2.09. The Hall–Kier alpha value is -1.36. The van der Waals surface area contributed by atoms with Crippen molar-refractivity contribution in [1.29, 1.82) is 0 Å². The van der Waals surface area contributed by atoms with Crippen LogP contribution in [0.2, 0.25) is 0 Å². The first-order chi connectivity index (χ1) is 7.59. The molecular formula is C11H18N4O. The van der Waals surface area contributed by atoms with Crippen LogP contribution in [-0.2, 0) is 0 Å². The summed E-state index contributed by atoms with van der Waals surface area (Å²) >= 11 is 0. The molecule has 1 fully saturated rings. The van der Waals surface area contributed by atoms with Crippen LogP contribution in [0.1, 0.15) is 13.8 Å². The second-order valence-corrected chi connectivity index (χ2v) is 4.52. The van der Waals surface area contributed by atoms with Crippen molar-refractivity contribution < 1.29 is 4.79 Å². The number of hydrogen-bond donors (Lipinski definition) is 0. The summed E-state index contributed by atoms with van der Waals surface area (Å²) in [5.41, 5.74) is 0. The van der Waals surface area contributed by atoms with Gasteiger partial charge in [0, 0.05) is 37.6 Å². The number of nitrogens with zero attached hydrogens (tertiary/aromatic N) is 4. The van der Waals surface area contributed by atoms with E-state index in [9.17, 15) is 4.79 Å². The summed E-state index contributed by atoms with van der Waals surface area (Å²) in [7, 11) is 2.11. The van der Waals surface area contributed by atoms with Crippen molar-refractivity contribution >= 4 is 6.03 Å². The number of rotatable bonds is 0.